The van der Waals surface area contributed by atoms with Gasteiger partial charge in [0.1, 0.15) is 12.6 Å². The van der Waals surface area contributed by atoms with E-state index in [0.29, 0.717) is 6.42 Å². The summed E-state index contributed by atoms with van der Waals surface area (Å²) in [6, 6.07) is -1.70. The molecule has 1 aliphatic rings. The van der Waals surface area contributed by atoms with Gasteiger partial charge in [-0.25, -0.2) is 0 Å². The van der Waals surface area contributed by atoms with E-state index in [9.17, 15) is 18.0 Å². The van der Waals surface area contributed by atoms with Gasteiger partial charge in [-0.1, -0.05) is 0 Å². The van der Waals surface area contributed by atoms with Gasteiger partial charge < -0.3 is 15.4 Å². The number of halogens is 3. The third-order valence-corrected chi connectivity index (χ3v) is 2.45. The van der Waals surface area contributed by atoms with Crippen molar-refractivity contribution in [3.63, 3.8) is 0 Å². The molecule has 16 heavy (non-hydrogen) atoms. The minimum absolute atomic E-state index is 0.0125. The van der Waals surface area contributed by atoms with Crippen LogP contribution in [0.2, 0.25) is 0 Å². The fourth-order valence-corrected chi connectivity index (χ4v) is 1.66. The number of amides is 1. The van der Waals surface area contributed by atoms with Gasteiger partial charge in [0.25, 0.3) is 0 Å². The molecule has 0 spiro atoms. The number of hydrogen-bond acceptors (Lipinski definition) is 3. The molecule has 2 N–H and O–H groups in total. The van der Waals surface area contributed by atoms with Crippen molar-refractivity contribution < 1.29 is 22.7 Å². The predicted octanol–water partition coefficient (Wildman–Crippen LogP) is 0.432. The first kappa shape index (κ1) is 13.2. The van der Waals surface area contributed by atoms with Crippen LogP contribution < -0.4 is 10.6 Å². The molecule has 0 radical (unpaired) electrons. The van der Waals surface area contributed by atoms with Crippen LogP contribution in [0.5, 0.6) is 0 Å². The second-order valence-corrected chi connectivity index (χ2v) is 3.78. The van der Waals surface area contributed by atoms with Crippen molar-refractivity contribution in [1.82, 2.24) is 10.6 Å². The monoisotopic (exact) mass is 240 g/mol. The van der Waals surface area contributed by atoms with Gasteiger partial charge in [-0.2, -0.15) is 13.2 Å². The van der Waals surface area contributed by atoms with E-state index in [1.807, 2.05) is 0 Å². The number of alkyl halides is 3. The standard InChI is InChI=1S/C9H15F3N2O2/c1-16-5-8(15)14-6-2-3-7(13-4-6)9(10,11)12/h6-7,13H,2-5H2,1H3,(H,14,15). The van der Waals surface area contributed by atoms with Gasteiger partial charge in [0.05, 0.1) is 0 Å². The lowest BCUT2D eigenvalue weighted by atomic mass is 10.0. The molecule has 4 nitrogen and oxygen atoms in total. The van der Waals surface area contributed by atoms with E-state index in [1.54, 1.807) is 0 Å². The van der Waals surface area contributed by atoms with E-state index < -0.39 is 12.2 Å². The molecule has 1 rings (SSSR count). The first-order valence-corrected chi connectivity index (χ1v) is 5.02. The maximum Gasteiger partial charge on any atom is 0.403 e. The summed E-state index contributed by atoms with van der Waals surface area (Å²) in [6.45, 7) is 0.0683. The summed E-state index contributed by atoms with van der Waals surface area (Å²) >= 11 is 0. The van der Waals surface area contributed by atoms with Gasteiger partial charge in [-0.05, 0) is 12.8 Å². The zero-order valence-corrected chi connectivity index (χ0v) is 8.93. The Kier molecular flexibility index (Phi) is 4.55. The fraction of sp³-hybridized carbons (Fsp3) is 0.889. The largest absolute Gasteiger partial charge is 0.403 e. The topological polar surface area (TPSA) is 50.4 Å². The van der Waals surface area contributed by atoms with Crippen LogP contribution in [0.15, 0.2) is 0 Å². The van der Waals surface area contributed by atoms with Crippen molar-refractivity contribution >= 4 is 5.91 Å². The van der Waals surface area contributed by atoms with E-state index in [0.717, 1.165) is 0 Å². The number of nitrogens with one attached hydrogen (secondary N) is 2. The highest BCUT2D eigenvalue weighted by atomic mass is 19.4. The Hall–Kier alpha value is -0.820. The van der Waals surface area contributed by atoms with E-state index in [2.05, 4.69) is 15.4 Å². The molecule has 0 aromatic rings. The average Bonchev–Trinajstić information content (AvgIpc) is 2.17. The van der Waals surface area contributed by atoms with Crippen LogP contribution in [0.1, 0.15) is 12.8 Å². The first-order valence-electron chi connectivity index (χ1n) is 5.02. The minimum atomic E-state index is -4.21. The lowest BCUT2D eigenvalue weighted by Crippen LogP contribution is -2.54. The van der Waals surface area contributed by atoms with E-state index in [-0.39, 0.29) is 31.5 Å². The number of carbonyl (C=O) groups is 1. The molecule has 7 heteroatoms. The van der Waals surface area contributed by atoms with Crippen molar-refractivity contribution in [2.24, 2.45) is 0 Å². The molecule has 0 bridgehead atoms. The van der Waals surface area contributed by atoms with Crippen molar-refractivity contribution in [2.45, 2.75) is 31.1 Å². The van der Waals surface area contributed by atoms with Crippen LogP contribution in [-0.2, 0) is 9.53 Å². The molecule has 1 amide bonds. The molecule has 1 aliphatic heterocycles. The molecular formula is C9H15F3N2O2. The van der Waals surface area contributed by atoms with Crippen LogP contribution in [0.3, 0.4) is 0 Å². The van der Waals surface area contributed by atoms with Gasteiger partial charge in [0, 0.05) is 19.7 Å². The summed E-state index contributed by atoms with van der Waals surface area (Å²) in [5.74, 6) is -0.306. The number of piperidine rings is 1. The lowest BCUT2D eigenvalue weighted by molar-refractivity contribution is -0.161. The summed E-state index contributed by atoms with van der Waals surface area (Å²) in [7, 11) is 1.39. The second-order valence-electron chi connectivity index (χ2n) is 3.78. The number of ether oxygens (including phenoxy) is 1. The Bertz CT molecular complexity index is 237. The molecule has 0 aliphatic carbocycles. The third-order valence-electron chi connectivity index (χ3n) is 2.45. The predicted molar refractivity (Wildman–Crippen MR) is 50.9 cm³/mol. The van der Waals surface area contributed by atoms with Gasteiger partial charge in [-0.3, -0.25) is 4.79 Å². The Morgan fingerprint density at radius 2 is 2.19 bits per heavy atom. The molecule has 0 aromatic heterocycles. The van der Waals surface area contributed by atoms with Crippen molar-refractivity contribution in [3.05, 3.63) is 0 Å². The molecular weight excluding hydrogens is 225 g/mol. The second kappa shape index (κ2) is 5.49. The highest BCUT2D eigenvalue weighted by molar-refractivity contribution is 5.77. The van der Waals surface area contributed by atoms with Crippen LogP contribution >= 0.6 is 0 Å². The first-order chi connectivity index (χ1) is 7.43. The molecule has 2 atom stereocenters. The summed E-state index contributed by atoms with van der Waals surface area (Å²) in [6.07, 6.45) is -3.89. The molecule has 1 saturated heterocycles. The molecule has 0 saturated carbocycles. The number of methoxy groups -OCH3 is 1. The number of hydrogen-bond donors (Lipinski definition) is 2. The van der Waals surface area contributed by atoms with Gasteiger partial charge in [0.2, 0.25) is 5.91 Å². The summed E-state index contributed by atoms with van der Waals surface area (Å²) in [5, 5.41) is 4.97. The summed E-state index contributed by atoms with van der Waals surface area (Å²) in [4.78, 5) is 11.1. The number of carbonyl (C=O) groups excluding carboxylic acids is 1. The Labute approximate surface area is 91.5 Å². The number of rotatable bonds is 3. The van der Waals surface area contributed by atoms with Crippen LogP contribution in [0, 0.1) is 0 Å². The minimum Gasteiger partial charge on any atom is -0.375 e. The third kappa shape index (κ3) is 3.97. The van der Waals surface area contributed by atoms with Gasteiger partial charge >= 0.3 is 6.18 Å². The Morgan fingerprint density at radius 3 is 2.62 bits per heavy atom. The highest BCUT2D eigenvalue weighted by Gasteiger charge is 2.41. The maximum absolute atomic E-state index is 12.3. The molecule has 2 unspecified atom stereocenters. The maximum atomic E-state index is 12.3. The van der Waals surface area contributed by atoms with Crippen molar-refractivity contribution in [2.75, 3.05) is 20.3 Å². The van der Waals surface area contributed by atoms with Gasteiger partial charge in [0.15, 0.2) is 0 Å². The molecule has 0 aromatic carbocycles. The van der Waals surface area contributed by atoms with E-state index in [4.69, 9.17) is 0 Å². The smallest absolute Gasteiger partial charge is 0.375 e. The van der Waals surface area contributed by atoms with Gasteiger partial charge in [-0.15, -0.1) is 0 Å². The quantitative estimate of drug-likeness (QED) is 0.752. The zero-order chi connectivity index (χ0) is 12.2. The summed E-state index contributed by atoms with van der Waals surface area (Å²) in [5.41, 5.74) is 0. The average molecular weight is 240 g/mol. The summed E-state index contributed by atoms with van der Waals surface area (Å²) < 4.78 is 41.5. The van der Waals surface area contributed by atoms with Crippen molar-refractivity contribution in [3.8, 4) is 0 Å². The lowest BCUT2D eigenvalue weighted by Gasteiger charge is -2.31. The molecule has 1 heterocycles. The normalized spacial score (nSPS) is 26.5. The van der Waals surface area contributed by atoms with E-state index >= 15 is 0 Å². The van der Waals surface area contributed by atoms with Crippen LogP contribution in [-0.4, -0.2) is 44.4 Å². The van der Waals surface area contributed by atoms with Crippen molar-refractivity contribution in [1.29, 1.82) is 0 Å². The van der Waals surface area contributed by atoms with Crippen LogP contribution in [0.4, 0.5) is 13.2 Å². The fourth-order valence-electron chi connectivity index (χ4n) is 1.66. The Balaban J connectivity index is 2.30. The highest BCUT2D eigenvalue weighted by Crippen LogP contribution is 2.25. The Morgan fingerprint density at radius 1 is 1.50 bits per heavy atom. The molecule has 94 valence electrons. The zero-order valence-electron chi connectivity index (χ0n) is 8.93. The van der Waals surface area contributed by atoms with Crippen LogP contribution in [0.25, 0.3) is 0 Å². The SMILES string of the molecule is COCC(=O)NC1CCC(C(F)(F)F)NC1. The molecule has 1 fully saturated rings. The van der Waals surface area contributed by atoms with E-state index in [1.165, 1.54) is 7.11 Å².